The van der Waals surface area contributed by atoms with Crippen molar-refractivity contribution in [2.45, 2.75) is 31.8 Å². The number of halogens is 1. The minimum atomic E-state index is -0.859. The highest BCUT2D eigenvalue weighted by molar-refractivity contribution is 7.26. The molecule has 9 nitrogen and oxygen atoms in total. The Morgan fingerprint density at radius 3 is 2.71 bits per heavy atom. The molecule has 0 spiro atoms. The molecular weight excluding hydrogens is 500 g/mol. The molecule has 0 aliphatic heterocycles. The average molecular weight is 515 g/mol. The molecule has 172 valence electrons. The number of carbonyl (C=O) groups is 2. The first-order valence-corrected chi connectivity index (χ1v) is 12.0. The van der Waals surface area contributed by atoms with Crippen molar-refractivity contribution in [2.75, 3.05) is 5.32 Å². The molecule has 0 bridgehead atoms. The minimum Gasteiger partial charge on any atom is -0.481 e. The number of carbonyl (C=O) groups excluding carboxylic acids is 1. The lowest BCUT2D eigenvalue weighted by Gasteiger charge is -2.07. The van der Waals surface area contributed by atoms with E-state index in [1.54, 1.807) is 0 Å². The lowest BCUT2D eigenvalue weighted by molar-refractivity contribution is -0.140. The number of ether oxygens (including phenoxy) is 1. The number of carboxylic acid groups (broad SMARTS) is 1. The molecule has 1 saturated carbocycles. The van der Waals surface area contributed by atoms with Gasteiger partial charge in [0.2, 0.25) is 5.76 Å². The van der Waals surface area contributed by atoms with E-state index in [2.05, 4.69) is 32.3 Å². The molecule has 1 aromatic carbocycles. The van der Waals surface area contributed by atoms with E-state index in [1.807, 2.05) is 31.2 Å². The van der Waals surface area contributed by atoms with Crippen LogP contribution < -0.4 is 5.32 Å². The van der Waals surface area contributed by atoms with Crippen molar-refractivity contribution in [3.63, 3.8) is 0 Å². The van der Waals surface area contributed by atoms with E-state index >= 15 is 0 Å². The number of carboxylic acids is 1. The van der Waals surface area contributed by atoms with Crippen LogP contribution in [0.2, 0.25) is 5.15 Å². The Bertz CT molecular complexity index is 1460. The number of aromatic nitrogens is 3. The largest absolute Gasteiger partial charge is 0.481 e. The van der Waals surface area contributed by atoms with Gasteiger partial charge in [0.05, 0.1) is 0 Å². The summed E-state index contributed by atoms with van der Waals surface area (Å²) in [5.41, 5.74) is 1.12. The Morgan fingerprint density at radius 1 is 1.24 bits per heavy atom. The van der Waals surface area contributed by atoms with E-state index in [0.29, 0.717) is 32.5 Å². The number of thiazole rings is 2. The molecular formula is C22H15ClN4O5S2. The summed E-state index contributed by atoms with van der Waals surface area (Å²) < 4.78 is 10.4. The molecule has 3 aromatic heterocycles. The van der Waals surface area contributed by atoms with Crippen molar-refractivity contribution < 1.29 is 24.0 Å². The molecule has 5 rings (SSSR count). The lowest BCUT2D eigenvalue weighted by Crippen LogP contribution is -2.18. The van der Waals surface area contributed by atoms with Gasteiger partial charge in [-0.05, 0) is 42.7 Å². The summed E-state index contributed by atoms with van der Waals surface area (Å²) in [5.74, 6) is 4.81. The van der Waals surface area contributed by atoms with E-state index in [4.69, 9.17) is 20.9 Å². The van der Waals surface area contributed by atoms with Gasteiger partial charge in [-0.15, -0.1) is 0 Å². The number of hydrogen-bond acceptors (Lipinski definition) is 9. The van der Waals surface area contributed by atoms with Gasteiger partial charge < -0.3 is 14.4 Å². The van der Waals surface area contributed by atoms with Crippen LogP contribution in [0.4, 0.5) is 10.5 Å². The molecule has 1 aliphatic rings. The molecule has 1 aliphatic carbocycles. The number of anilines is 1. The van der Waals surface area contributed by atoms with Gasteiger partial charge in [-0.25, -0.2) is 14.8 Å². The first-order valence-electron chi connectivity index (χ1n) is 10.0. The molecule has 12 heteroatoms. The van der Waals surface area contributed by atoms with Gasteiger partial charge in [0.25, 0.3) is 0 Å². The quantitative estimate of drug-likeness (QED) is 0.357. The van der Waals surface area contributed by atoms with Gasteiger partial charge in [-0.1, -0.05) is 63.7 Å². The number of rotatable bonds is 5. The van der Waals surface area contributed by atoms with Crippen LogP contribution in [0.25, 0.3) is 9.66 Å². The second-order valence-corrected chi connectivity index (χ2v) is 9.90. The number of aryl methyl sites for hydroxylation is 1. The molecule has 1 fully saturated rings. The zero-order valence-electron chi connectivity index (χ0n) is 17.5. The number of benzene rings is 1. The van der Waals surface area contributed by atoms with Gasteiger partial charge in [0.1, 0.15) is 22.7 Å². The van der Waals surface area contributed by atoms with E-state index in [0.717, 1.165) is 11.1 Å². The lowest BCUT2D eigenvalue weighted by atomic mass is 10.1. The van der Waals surface area contributed by atoms with Gasteiger partial charge in [0, 0.05) is 0 Å². The van der Waals surface area contributed by atoms with E-state index < -0.39 is 17.5 Å². The van der Waals surface area contributed by atoms with Crippen LogP contribution in [0.3, 0.4) is 0 Å². The fourth-order valence-electron chi connectivity index (χ4n) is 3.17. The molecule has 0 radical (unpaired) electrons. The van der Waals surface area contributed by atoms with Crippen molar-refractivity contribution in [3.8, 4) is 11.8 Å². The maximum atomic E-state index is 12.3. The Morgan fingerprint density at radius 2 is 2.00 bits per heavy atom. The monoisotopic (exact) mass is 514 g/mol. The topological polar surface area (TPSA) is 127 Å². The van der Waals surface area contributed by atoms with Crippen LogP contribution in [0, 0.1) is 18.8 Å². The third kappa shape index (κ3) is 4.23. The van der Waals surface area contributed by atoms with Gasteiger partial charge in [-0.3, -0.25) is 10.1 Å². The first kappa shape index (κ1) is 22.3. The summed E-state index contributed by atoms with van der Waals surface area (Å²) in [7, 11) is 0. The maximum Gasteiger partial charge on any atom is 0.412 e. The molecule has 34 heavy (non-hydrogen) atoms. The van der Waals surface area contributed by atoms with Gasteiger partial charge >= 0.3 is 12.1 Å². The fraction of sp³-hybridized carbons (Fsp3) is 0.227. The Balaban J connectivity index is 1.29. The van der Waals surface area contributed by atoms with Crippen molar-refractivity contribution in [1.29, 1.82) is 0 Å². The zero-order valence-corrected chi connectivity index (χ0v) is 19.9. The molecule has 4 aromatic rings. The molecule has 0 atom stereocenters. The summed E-state index contributed by atoms with van der Waals surface area (Å²) in [6.45, 7) is 2.02. The van der Waals surface area contributed by atoms with Crippen molar-refractivity contribution >= 4 is 61.7 Å². The highest BCUT2D eigenvalue weighted by atomic mass is 35.5. The first-order chi connectivity index (χ1) is 16.4. The van der Waals surface area contributed by atoms with Crippen molar-refractivity contribution in [2.24, 2.45) is 0 Å². The number of hydrogen-bond donors (Lipinski definition) is 2. The Kier molecular flexibility index (Phi) is 5.73. The minimum absolute atomic E-state index is 0.0489. The zero-order chi connectivity index (χ0) is 23.9. The highest BCUT2D eigenvalue weighted by Gasteiger charge is 2.54. The standard InChI is InChI=1S/C22H15ClN4O5S2/c1-11-4-2-3-5-12(11)10-31-21(30)25-15-13(32-27-16(15)23)6-7-14-24-17-18(33-14)26-19(34-17)22(8-9-22)20(28)29/h2-5H,8-10H2,1H3,(H,25,30)(H,28,29). The third-order valence-electron chi connectivity index (χ3n) is 5.33. The van der Waals surface area contributed by atoms with Gasteiger partial charge in [-0.2, -0.15) is 0 Å². The fourth-order valence-corrected chi connectivity index (χ4v) is 5.47. The van der Waals surface area contributed by atoms with Crippen molar-refractivity contribution in [1.82, 2.24) is 15.1 Å². The number of nitrogens with one attached hydrogen (secondary N) is 1. The summed E-state index contributed by atoms with van der Waals surface area (Å²) >= 11 is 8.55. The number of aliphatic carboxylic acids is 1. The smallest absolute Gasteiger partial charge is 0.412 e. The number of amides is 1. The highest BCUT2D eigenvalue weighted by Crippen LogP contribution is 2.50. The van der Waals surface area contributed by atoms with E-state index in [-0.39, 0.29) is 23.2 Å². The van der Waals surface area contributed by atoms with Crippen LogP contribution in [0.15, 0.2) is 28.8 Å². The van der Waals surface area contributed by atoms with Crippen molar-refractivity contribution in [3.05, 3.63) is 56.3 Å². The van der Waals surface area contributed by atoms with Crippen LogP contribution in [0.1, 0.15) is 39.7 Å². The molecule has 0 unspecified atom stereocenters. The number of nitrogens with zero attached hydrogens (tertiary/aromatic N) is 3. The van der Waals surface area contributed by atoms with E-state index in [9.17, 15) is 14.7 Å². The van der Waals surface area contributed by atoms with Crippen LogP contribution in [-0.4, -0.2) is 32.3 Å². The summed E-state index contributed by atoms with van der Waals surface area (Å²) in [6, 6.07) is 7.57. The molecule has 0 saturated heterocycles. The second-order valence-electron chi connectivity index (χ2n) is 7.59. The predicted molar refractivity (Wildman–Crippen MR) is 126 cm³/mol. The molecule has 2 N–H and O–H groups in total. The average Bonchev–Trinajstić information content (AvgIpc) is 3.25. The molecule has 1 amide bonds. The summed E-state index contributed by atoms with van der Waals surface area (Å²) in [4.78, 5) is 33.9. The summed E-state index contributed by atoms with van der Waals surface area (Å²) in [6.07, 6.45) is 0.450. The summed E-state index contributed by atoms with van der Waals surface area (Å²) in [5, 5.41) is 16.6. The molecule has 3 heterocycles. The van der Waals surface area contributed by atoms with Gasteiger partial charge in [0.15, 0.2) is 19.8 Å². The van der Waals surface area contributed by atoms with Crippen LogP contribution in [0.5, 0.6) is 0 Å². The normalized spacial score (nSPS) is 13.8. The van der Waals surface area contributed by atoms with Crippen LogP contribution in [-0.2, 0) is 21.6 Å². The van der Waals surface area contributed by atoms with E-state index in [1.165, 1.54) is 22.7 Å². The van der Waals surface area contributed by atoms with Crippen LogP contribution >= 0.6 is 34.3 Å². The predicted octanol–water partition coefficient (Wildman–Crippen LogP) is 4.97. The Labute approximate surface area is 205 Å². The Hall–Kier alpha value is -3.46. The number of fused-ring (bicyclic) bond motifs is 1. The SMILES string of the molecule is Cc1ccccc1COC(=O)Nc1c(Cl)noc1C#Cc1nc2sc(C3(C(=O)O)CC3)nc2s1. The maximum absolute atomic E-state index is 12.3. The third-order valence-corrected chi connectivity index (χ3v) is 7.73. The second kappa shape index (κ2) is 8.72.